The van der Waals surface area contributed by atoms with Gasteiger partial charge in [0.15, 0.2) is 0 Å². The van der Waals surface area contributed by atoms with Gasteiger partial charge in [-0.3, -0.25) is 0 Å². The molecule has 1 saturated heterocycles. The molecule has 1 fully saturated rings. The predicted molar refractivity (Wildman–Crippen MR) is 83.4 cm³/mol. The highest BCUT2D eigenvalue weighted by Crippen LogP contribution is 2.49. The van der Waals surface area contributed by atoms with Crippen LogP contribution in [0.25, 0.3) is 0 Å². The zero-order valence-corrected chi connectivity index (χ0v) is 12.2. The monoisotopic (exact) mass is 271 g/mol. The topological polar surface area (TPSA) is 32.5 Å². The number of anilines is 1. The molecule has 4 rings (SSSR count). The van der Waals surface area contributed by atoms with Crippen molar-refractivity contribution in [3.63, 3.8) is 0 Å². The summed E-state index contributed by atoms with van der Waals surface area (Å²) in [6, 6.07) is 7.76. The van der Waals surface area contributed by atoms with E-state index in [1.807, 2.05) is 0 Å². The van der Waals surface area contributed by atoms with Crippen LogP contribution in [0.5, 0.6) is 0 Å². The van der Waals surface area contributed by atoms with E-state index in [9.17, 15) is 0 Å². The highest BCUT2D eigenvalue weighted by atomic mass is 15.2. The second kappa shape index (κ2) is 5.05. The van der Waals surface area contributed by atoms with E-state index in [1.54, 1.807) is 16.8 Å². The molecule has 108 valence electrons. The van der Waals surface area contributed by atoms with Crippen molar-refractivity contribution >= 4 is 5.69 Å². The lowest BCUT2D eigenvalue weighted by atomic mass is 9.87. The summed E-state index contributed by atoms with van der Waals surface area (Å²) in [4.78, 5) is 5.38. The van der Waals surface area contributed by atoms with Crippen LogP contribution in [-0.4, -0.2) is 43.7 Å². The summed E-state index contributed by atoms with van der Waals surface area (Å²) in [5.74, 6) is 0.747. The lowest BCUT2D eigenvalue weighted by Crippen LogP contribution is -2.46. The van der Waals surface area contributed by atoms with E-state index in [-0.39, 0.29) is 0 Å². The number of unbranched alkanes of at least 4 members (excludes halogenated alkanes) is 1. The number of hydrogen-bond acceptors (Lipinski definition) is 3. The Morgan fingerprint density at radius 2 is 2.15 bits per heavy atom. The molecule has 2 atom stereocenters. The van der Waals surface area contributed by atoms with Gasteiger partial charge in [-0.1, -0.05) is 18.2 Å². The summed E-state index contributed by atoms with van der Waals surface area (Å²) >= 11 is 0. The van der Waals surface area contributed by atoms with Crippen LogP contribution >= 0.6 is 0 Å². The minimum atomic E-state index is 0.747. The molecule has 2 N–H and O–H groups in total. The maximum atomic E-state index is 5.61. The van der Waals surface area contributed by atoms with Gasteiger partial charge in [0.2, 0.25) is 0 Å². The molecule has 0 saturated carbocycles. The van der Waals surface area contributed by atoms with Crippen molar-refractivity contribution in [2.45, 2.75) is 37.6 Å². The quantitative estimate of drug-likeness (QED) is 0.850. The highest BCUT2D eigenvalue weighted by Gasteiger charge is 2.44. The number of nitrogens with two attached hydrogens (primary N) is 1. The Bertz CT molecular complexity index is 499. The van der Waals surface area contributed by atoms with E-state index in [0.717, 1.165) is 24.9 Å². The molecule has 1 aromatic carbocycles. The number of fused-ring (bicyclic) bond motifs is 3. The van der Waals surface area contributed by atoms with Gasteiger partial charge in [-0.05, 0) is 49.9 Å². The lowest BCUT2D eigenvalue weighted by Gasteiger charge is -2.38. The van der Waals surface area contributed by atoms with Crippen molar-refractivity contribution in [2.24, 2.45) is 5.73 Å². The third kappa shape index (κ3) is 1.87. The summed E-state index contributed by atoms with van der Waals surface area (Å²) < 4.78 is 0. The predicted octanol–water partition coefficient (Wildman–Crippen LogP) is 1.96. The Morgan fingerprint density at radius 3 is 3.05 bits per heavy atom. The third-order valence-electron chi connectivity index (χ3n) is 5.45. The number of benzene rings is 1. The zero-order valence-electron chi connectivity index (χ0n) is 12.2. The van der Waals surface area contributed by atoms with Crippen LogP contribution in [0.1, 0.15) is 36.3 Å². The molecule has 1 aromatic rings. The molecule has 0 unspecified atom stereocenters. The Kier molecular flexibility index (Phi) is 3.20. The number of rotatable bonds is 4. The van der Waals surface area contributed by atoms with E-state index < -0.39 is 0 Å². The van der Waals surface area contributed by atoms with Gasteiger partial charge in [-0.15, -0.1) is 0 Å². The summed E-state index contributed by atoms with van der Waals surface area (Å²) in [5, 5.41) is 0. The van der Waals surface area contributed by atoms with Crippen LogP contribution < -0.4 is 10.6 Å². The molecule has 20 heavy (non-hydrogen) atoms. The first-order chi connectivity index (χ1) is 9.88. The van der Waals surface area contributed by atoms with E-state index in [1.165, 1.54) is 45.4 Å². The first kappa shape index (κ1) is 12.7. The van der Waals surface area contributed by atoms with Crippen molar-refractivity contribution in [2.75, 3.05) is 37.6 Å². The van der Waals surface area contributed by atoms with E-state index in [4.69, 9.17) is 5.73 Å². The van der Waals surface area contributed by atoms with Crippen LogP contribution in [-0.2, 0) is 6.42 Å². The molecular weight excluding hydrogens is 246 g/mol. The standard InChI is InChI=1S/C17H25N3/c18-8-1-2-9-19-10-7-16-15(12-19)14-5-3-4-13-6-11-20(16)17(13)14/h3-5,15-16H,1-2,6-12,18H2/t15-,16-/m1/s1. The van der Waals surface area contributed by atoms with E-state index in [2.05, 4.69) is 28.0 Å². The Labute approximate surface area is 121 Å². The smallest absolute Gasteiger partial charge is 0.0438 e. The lowest BCUT2D eigenvalue weighted by molar-refractivity contribution is 0.191. The second-order valence-electron chi connectivity index (χ2n) is 6.56. The summed E-state index contributed by atoms with van der Waals surface area (Å²) in [6.45, 7) is 5.84. The second-order valence-corrected chi connectivity index (χ2v) is 6.56. The fourth-order valence-corrected chi connectivity index (χ4v) is 4.52. The molecule has 3 heterocycles. The molecule has 3 aliphatic heterocycles. The molecule has 3 nitrogen and oxygen atoms in total. The molecule has 3 aliphatic rings. The number of likely N-dealkylation sites (tertiary alicyclic amines) is 1. The molecule has 0 aliphatic carbocycles. The molecule has 0 aromatic heterocycles. The van der Waals surface area contributed by atoms with Gasteiger partial charge in [0.25, 0.3) is 0 Å². The van der Waals surface area contributed by atoms with Crippen molar-refractivity contribution < 1.29 is 0 Å². The summed E-state index contributed by atoms with van der Waals surface area (Å²) in [6.07, 6.45) is 5.01. The van der Waals surface area contributed by atoms with Gasteiger partial charge in [-0.25, -0.2) is 0 Å². The zero-order chi connectivity index (χ0) is 13.5. The number of nitrogens with zero attached hydrogens (tertiary/aromatic N) is 2. The fraction of sp³-hybridized carbons (Fsp3) is 0.647. The van der Waals surface area contributed by atoms with Crippen LogP contribution in [0.2, 0.25) is 0 Å². The Balaban J connectivity index is 1.53. The molecular formula is C17H25N3. The molecule has 0 radical (unpaired) electrons. The fourth-order valence-electron chi connectivity index (χ4n) is 4.52. The van der Waals surface area contributed by atoms with Crippen LogP contribution in [0, 0.1) is 0 Å². The van der Waals surface area contributed by atoms with E-state index >= 15 is 0 Å². The van der Waals surface area contributed by atoms with Crippen molar-refractivity contribution in [3.8, 4) is 0 Å². The van der Waals surface area contributed by atoms with Gasteiger partial charge in [-0.2, -0.15) is 0 Å². The Hall–Kier alpha value is -1.06. The average Bonchev–Trinajstić information content (AvgIpc) is 3.04. The molecule has 3 heteroatoms. The summed E-state index contributed by atoms with van der Waals surface area (Å²) in [7, 11) is 0. The van der Waals surface area contributed by atoms with Crippen LogP contribution in [0.15, 0.2) is 18.2 Å². The van der Waals surface area contributed by atoms with Crippen LogP contribution in [0.3, 0.4) is 0 Å². The first-order valence-electron chi connectivity index (χ1n) is 8.19. The Morgan fingerprint density at radius 1 is 1.20 bits per heavy atom. The van der Waals surface area contributed by atoms with Gasteiger partial charge < -0.3 is 15.5 Å². The largest absolute Gasteiger partial charge is 0.367 e. The van der Waals surface area contributed by atoms with Crippen molar-refractivity contribution in [1.29, 1.82) is 0 Å². The van der Waals surface area contributed by atoms with Gasteiger partial charge in [0, 0.05) is 37.3 Å². The van der Waals surface area contributed by atoms with Gasteiger partial charge in [0.05, 0.1) is 0 Å². The van der Waals surface area contributed by atoms with Gasteiger partial charge >= 0.3 is 0 Å². The SMILES string of the molecule is NCCCCN1CC[C@@H]2[C@H](C1)c1cccc3c1N2CC3. The minimum Gasteiger partial charge on any atom is -0.367 e. The molecule has 0 amide bonds. The maximum absolute atomic E-state index is 5.61. The number of hydrogen-bond donors (Lipinski definition) is 1. The third-order valence-corrected chi connectivity index (χ3v) is 5.45. The normalized spacial score (nSPS) is 27.8. The van der Waals surface area contributed by atoms with E-state index in [0.29, 0.717) is 0 Å². The molecule has 0 bridgehead atoms. The maximum Gasteiger partial charge on any atom is 0.0438 e. The number of para-hydroxylation sites is 1. The first-order valence-corrected chi connectivity index (χ1v) is 8.19. The van der Waals surface area contributed by atoms with Crippen LogP contribution in [0.4, 0.5) is 5.69 Å². The average molecular weight is 271 g/mol. The van der Waals surface area contributed by atoms with Crippen molar-refractivity contribution in [3.05, 3.63) is 29.3 Å². The van der Waals surface area contributed by atoms with Crippen molar-refractivity contribution in [1.82, 2.24) is 4.90 Å². The minimum absolute atomic E-state index is 0.747. The molecule has 0 spiro atoms. The summed E-state index contributed by atoms with van der Waals surface area (Å²) in [5.41, 5.74) is 10.4. The number of piperidine rings is 1. The van der Waals surface area contributed by atoms with Gasteiger partial charge in [0.1, 0.15) is 0 Å². The highest BCUT2D eigenvalue weighted by molar-refractivity contribution is 5.70.